The standard InChI is InChI=1S/C24H20Cl2F3NO3/c1-12-9-14(24(27,28)29)10-17-13(2)18(11-16(12)17)22(31)20-19(25)4-3-15(21(20)26)23(32)30-5-7-33-8-6-30/h3-4,9-11,13H,5-8H2,1-2H3. The van der Waals surface area contributed by atoms with Crippen molar-refractivity contribution in [3.63, 3.8) is 0 Å². The van der Waals surface area contributed by atoms with E-state index in [1.807, 2.05) is 0 Å². The van der Waals surface area contributed by atoms with E-state index in [1.165, 1.54) is 12.1 Å². The van der Waals surface area contributed by atoms with E-state index in [-0.39, 0.29) is 32.7 Å². The van der Waals surface area contributed by atoms with Crippen LogP contribution in [0.1, 0.15) is 55.8 Å². The van der Waals surface area contributed by atoms with Gasteiger partial charge in [-0.3, -0.25) is 9.59 Å². The Morgan fingerprint density at radius 3 is 2.42 bits per heavy atom. The minimum absolute atomic E-state index is 0.0305. The smallest absolute Gasteiger partial charge is 0.378 e. The lowest BCUT2D eigenvalue weighted by Gasteiger charge is -2.27. The number of ketones is 1. The first-order chi connectivity index (χ1) is 15.5. The number of alkyl halides is 3. The first-order valence-electron chi connectivity index (χ1n) is 10.3. The zero-order valence-corrected chi connectivity index (χ0v) is 19.4. The van der Waals surface area contributed by atoms with Gasteiger partial charge < -0.3 is 9.64 Å². The van der Waals surface area contributed by atoms with Crippen LogP contribution in [0, 0.1) is 6.92 Å². The summed E-state index contributed by atoms with van der Waals surface area (Å²) in [5.74, 6) is -1.45. The number of amides is 1. The quantitative estimate of drug-likeness (QED) is 0.476. The third-order valence-electron chi connectivity index (χ3n) is 6.09. The van der Waals surface area contributed by atoms with Crippen LogP contribution in [0.15, 0.2) is 29.8 Å². The van der Waals surface area contributed by atoms with Crippen molar-refractivity contribution in [2.75, 3.05) is 26.3 Å². The van der Waals surface area contributed by atoms with Gasteiger partial charge in [-0.15, -0.1) is 0 Å². The van der Waals surface area contributed by atoms with Gasteiger partial charge in [0.05, 0.1) is 39.9 Å². The molecular weight excluding hydrogens is 478 g/mol. The lowest BCUT2D eigenvalue weighted by molar-refractivity contribution is -0.137. The molecule has 1 fully saturated rings. The Bertz CT molecular complexity index is 1180. The molecule has 2 aliphatic rings. The van der Waals surface area contributed by atoms with Crippen molar-refractivity contribution in [2.45, 2.75) is 25.9 Å². The summed E-state index contributed by atoms with van der Waals surface area (Å²) < 4.78 is 45.2. The molecule has 0 saturated carbocycles. The number of morpholine rings is 1. The lowest BCUT2D eigenvalue weighted by Crippen LogP contribution is -2.40. The SMILES string of the molecule is Cc1cc(C(F)(F)F)cc2c1C=C(C(=O)c1c(Cl)ccc(C(=O)N3CCOCC3)c1Cl)C2C. The molecule has 1 saturated heterocycles. The Balaban J connectivity index is 1.72. The molecular formula is C24H20Cl2F3NO3. The summed E-state index contributed by atoms with van der Waals surface area (Å²) in [7, 11) is 0. The molecule has 2 aromatic carbocycles. The maximum Gasteiger partial charge on any atom is 0.416 e. The Hall–Kier alpha value is -2.35. The number of carbonyl (C=O) groups is 2. The third kappa shape index (κ3) is 4.29. The minimum Gasteiger partial charge on any atom is -0.378 e. The number of carbonyl (C=O) groups excluding carboxylic acids is 2. The van der Waals surface area contributed by atoms with Crippen LogP contribution in [-0.4, -0.2) is 42.9 Å². The second-order valence-electron chi connectivity index (χ2n) is 8.13. The number of benzene rings is 2. The van der Waals surface area contributed by atoms with E-state index in [1.54, 1.807) is 24.8 Å². The summed E-state index contributed by atoms with van der Waals surface area (Å²) in [5.41, 5.74) is 1.03. The topological polar surface area (TPSA) is 46.6 Å². The number of halogens is 5. The minimum atomic E-state index is -4.49. The molecule has 0 N–H and O–H groups in total. The highest BCUT2D eigenvalue weighted by Crippen LogP contribution is 2.44. The molecule has 1 aliphatic carbocycles. The summed E-state index contributed by atoms with van der Waals surface area (Å²) in [6.07, 6.45) is -2.91. The van der Waals surface area contributed by atoms with E-state index >= 15 is 0 Å². The average Bonchev–Trinajstić information content (AvgIpc) is 3.10. The number of ether oxygens (including phenoxy) is 1. The second-order valence-corrected chi connectivity index (χ2v) is 8.92. The molecule has 1 heterocycles. The molecule has 2 aromatic rings. The van der Waals surface area contributed by atoms with Crippen molar-refractivity contribution in [2.24, 2.45) is 0 Å². The molecule has 1 unspecified atom stereocenters. The number of Topliss-reactive ketones (excluding diaryl/α,β-unsaturated/α-hetero) is 1. The summed E-state index contributed by atoms with van der Waals surface area (Å²) in [5, 5.41) is 0.000960. The zero-order valence-electron chi connectivity index (χ0n) is 17.9. The van der Waals surface area contributed by atoms with Crippen LogP contribution in [0.5, 0.6) is 0 Å². The molecule has 1 aliphatic heterocycles. The van der Waals surface area contributed by atoms with Crippen molar-refractivity contribution in [3.8, 4) is 0 Å². The van der Waals surface area contributed by atoms with Crippen LogP contribution in [-0.2, 0) is 10.9 Å². The van der Waals surface area contributed by atoms with Crippen LogP contribution < -0.4 is 0 Å². The number of hydrogen-bond acceptors (Lipinski definition) is 3. The highest BCUT2D eigenvalue weighted by Gasteiger charge is 2.36. The van der Waals surface area contributed by atoms with E-state index in [9.17, 15) is 22.8 Å². The molecule has 0 aromatic heterocycles. The van der Waals surface area contributed by atoms with E-state index in [0.29, 0.717) is 43.0 Å². The van der Waals surface area contributed by atoms with Crippen LogP contribution >= 0.6 is 23.2 Å². The van der Waals surface area contributed by atoms with Crippen molar-refractivity contribution in [1.82, 2.24) is 4.90 Å². The molecule has 4 nitrogen and oxygen atoms in total. The third-order valence-corrected chi connectivity index (χ3v) is 6.80. The van der Waals surface area contributed by atoms with Crippen LogP contribution in [0.3, 0.4) is 0 Å². The second kappa shape index (κ2) is 8.78. The average molecular weight is 498 g/mol. The molecule has 0 bridgehead atoms. The van der Waals surface area contributed by atoms with Gasteiger partial charge in [0.15, 0.2) is 5.78 Å². The van der Waals surface area contributed by atoms with Crippen LogP contribution in [0.4, 0.5) is 13.2 Å². The van der Waals surface area contributed by atoms with Crippen molar-refractivity contribution in [3.05, 3.63) is 73.3 Å². The summed E-state index contributed by atoms with van der Waals surface area (Å²) >= 11 is 12.8. The molecule has 1 atom stereocenters. The number of nitrogens with zero attached hydrogens (tertiary/aromatic N) is 1. The van der Waals surface area contributed by atoms with Gasteiger partial charge in [-0.2, -0.15) is 13.2 Å². The fraction of sp³-hybridized carbons (Fsp3) is 0.333. The number of hydrogen-bond donors (Lipinski definition) is 0. The van der Waals surface area contributed by atoms with E-state index < -0.39 is 23.4 Å². The fourth-order valence-corrected chi connectivity index (χ4v) is 4.88. The molecule has 174 valence electrons. The van der Waals surface area contributed by atoms with Gasteiger partial charge in [0.25, 0.3) is 5.91 Å². The first kappa shape index (κ1) is 23.8. The molecule has 0 spiro atoms. The number of fused-ring (bicyclic) bond motifs is 1. The Kier molecular flexibility index (Phi) is 6.33. The highest BCUT2D eigenvalue weighted by molar-refractivity contribution is 6.43. The maximum atomic E-state index is 13.5. The lowest BCUT2D eigenvalue weighted by atomic mass is 9.90. The van der Waals surface area contributed by atoms with Gasteiger partial charge in [-0.1, -0.05) is 30.1 Å². The highest BCUT2D eigenvalue weighted by atomic mass is 35.5. The van der Waals surface area contributed by atoms with Gasteiger partial charge in [-0.25, -0.2) is 0 Å². The Labute approximate surface area is 198 Å². The maximum absolute atomic E-state index is 13.5. The van der Waals surface area contributed by atoms with Gasteiger partial charge in [-0.05, 0) is 54.0 Å². The Morgan fingerprint density at radius 2 is 1.79 bits per heavy atom. The van der Waals surface area contributed by atoms with E-state index in [4.69, 9.17) is 27.9 Å². The normalized spacial score (nSPS) is 18.2. The fourth-order valence-electron chi connectivity index (χ4n) is 4.26. The summed E-state index contributed by atoms with van der Waals surface area (Å²) in [6, 6.07) is 5.05. The summed E-state index contributed by atoms with van der Waals surface area (Å²) in [4.78, 5) is 28.1. The first-order valence-corrected chi connectivity index (χ1v) is 11.1. The molecule has 4 rings (SSSR count). The molecule has 33 heavy (non-hydrogen) atoms. The Morgan fingerprint density at radius 1 is 1.12 bits per heavy atom. The van der Waals surface area contributed by atoms with Gasteiger partial charge in [0.1, 0.15) is 0 Å². The van der Waals surface area contributed by atoms with Crippen molar-refractivity contribution >= 4 is 41.0 Å². The number of allylic oxidation sites excluding steroid dienone is 1. The van der Waals surface area contributed by atoms with Crippen molar-refractivity contribution < 1.29 is 27.5 Å². The van der Waals surface area contributed by atoms with Gasteiger partial charge in [0, 0.05) is 24.6 Å². The predicted molar refractivity (Wildman–Crippen MR) is 120 cm³/mol. The monoisotopic (exact) mass is 497 g/mol. The van der Waals surface area contributed by atoms with Crippen molar-refractivity contribution in [1.29, 1.82) is 0 Å². The van der Waals surface area contributed by atoms with Crippen LogP contribution in [0.2, 0.25) is 10.0 Å². The van der Waals surface area contributed by atoms with E-state index in [2.05, 4.69) is 0 Å². The molecule has 9 heteroatoms. The molecule has 0 radical (unpaired) electrons. The van der Waals surface area contributed by atoms with E-state index in [0.717, 1.165) is 12.1 Å². The molecule has 1 amide bonds. The number of aryl methyl sites for hydroxylation is 1. The van der Waals surface area contributed by atoms with Gasteiger partial charge >= 0.3 is 6.18 Å². The number of rotatable bonds is 3. The largest absolute Gasteiger partial charge is 0.416 e. The van der Waals surface area contributed by atoms with Crippen LogP contribution in [0.25, 0.3) is 6.08 Å². The summed E-state index contributed by atoms with van der Waals surface area (Å²) in [6.45, 7) is 4.86. The zero-order chi connectivity index (χ0) is 24.1. The predicted octanol–water partition coefficient (Wildman–Crippen LogP) is 6.18. The van der Waals surface area contributed by atoms with Gasteiger partial charge in [0.2, 0.25) is 0 Å².